The number of carbonyl (C=O) groups excluding carboxylic acids is 1. The number of sulfonamides is 1. The average Bonchev–Trinajstić information content (AvgIpc) is 2.46. The topological polar surface area (TPSA) is 78.5 Å². The van der Waals surface area contributed by atoms with Crippen molar-refractivity contribution in [3.8, 4) is 0 Å². The van der Waals surface area contributed by atoms with Crippen molar-refractivity contribution >= 4 is 15.9 Å². The lowest BCUT2D eigenvalue weighted by atomic mass is 10.0. The standard InChI is InChI=1S/C14H27N3O3S/c1-12(18)16-14-5-9-17(10-6-14)21(19,20)11-7-13-4-2-3-8-15-13/h13-15H,2-11H2,1H3,(H,16,18). The van der Waals surface area contributed by atoms with E-state index in [-0.39, 0.29) is 17.7 Å². The molecule has 0 aromatic carbocycles. The van der Waals surface area contributed by atoms with Gasteiger partial charge in [0.2, 0.25) is 15.9 Å². The van der Waals surface area contributed by atoms with Crippen LogP contribution in [0.3, 0.4) is 0 Å². The molecule has 21 heavy (non-hydrogen) atoms. The Bertz CT molecular complexity index is 438. The molecule has 1 amide bonds. The summed E-state index contributed by atoms with van der Waals surface area (Å²) in [5.74, 6) is 0.190. The van der Waals surface area contributed by atoms with Crippen molar-refractivity contribution < 1.29 is 13.2 Å². The normalized spacial score (nSPS) is 25.7. The van der Waals surface area contributed by atoms with Crippen LogP contribution < -0.4 is 10.6 Å². The van der Waals surface area contributed by atoms with Crippen molar-refractivity contribution in [3.05, 3.63) is 0 Å². The molecule has 2 fully saturated rings. The van der Waals surface area contributed by atoms with Crippen LogP contribution in [0.2, 0.25) is 0 Å². The molecule has 6 nitrogen and oxygen atoms in total. The summed E-state index contributed by atoms with van der Waals surface area (Å²) in [5.41, 5.74) is 0. The Kier molecular flexibility index (Phi) is 6.01. The first-order valence-electron chi connectivity index (χ1n) is 7.96. The molecule has 0 bridgehead atoms. The first-order valence-corrected chi connectivity index (χ1v) is 9.56. The molecule has 2 rings (SSSR count). The summed E-state index contributed by atoms with van der Waals surface area (Å²) >= 11 is 0. The molecule has 2 aliphatic heterocycles. The molecule has 0 radical (unpaired) electrons. The van der Waals surface area contributed by atoms with Crippen LogP contribution in [0.4, 0.5) is 0 Å². The third kappa shape index (κ3) is 5.23. The molecule has 0 aliphatic carbocycles. The van der Waals surface area contributed by atoms with Crippen molar-refractivity contribution in [3.63, 3.8) is 0 Å². The molecular formula is C14H27N3O3S. The van der Waals surface area contributed by atoms with Crippen LogP contribution in [0.25, 0.3) is 0 Å². The summed E-state index contributed by atoms with van der Waals surface area (Å²) in [5, 5.41) is 6.26. The number of hydrogen-bond acceptors (Lipinski definition) is 4. The molecule has 0 spiro atoms. The number of carbonyl (C=O) groups is 1. The van der Waals surface area contributed by atoms with Gasteiger partial charge in [-0.2, -0.15) is 0 Å². The van der Waals surface area contributed by atoms with Crippen LogP contribution in [0.5, 0.6) is 0 Å². The zero-order valence-electron chi connectivity index (χ0n) is 12.8. The summed E-state index contributed by atoms with van der Waals surface area (Å²) in [7, 11) is -3.15. The molecule has 2 heterocycles. The van der Waals surface area contributed by atoms with Gasteiger partial charge in [-0.05, 0) is 38.6 Å². The van der Waals surface area contributed by atoms with Crippen molar-refractivity contribution in [1.82, 2.24) is 14.9 Å². The molecule has 0 aromatic rings. The highest BCUT2D eigenvalue weighted by Crippen LogP contribution is 2.17. The van der Waals surface area contributed by atoms with E-state index in [2.05, 4.69) is 10.6 Å². The van der Waals surface area contributed by atoms with E-state index in [1.165, 1.54) is 19.8 Å². The first kappa shape index (κ1) is 16.7. The van der Waals surface area contributed by atoms with E-state index in [0.29, 0.717) is 38.4 Å². The maximum absolute atomic E-state index is 12.4. The Hall–Kier alpha value is -0.660. The number of hydrogen-bond donors (Lipinski definition) is 2. The van der Waals surface area contributed by atoms with Gasteiger partial charge in [-0.15, -0.1) is 0 Å². The van der Waals surface area contributed by atoms with Crippen LogP contribution in [0.1, 0.15) is 45.4 Å². The number of nitrogens with zero attached hydrogens (tertiary/aromatic N) is 1. The maximum atomic E-state index is 12.4. The second-order valence-corrected chi connectivity index (χ2v) is 8.21. The van der Waals surface area contributed by atoms with Gasteiger partial charge < -0.3 is 10.6 Å². The first-order chi connectivity index (χ1) is 9.97. The Morgan fingerprint density at radius 3 is 2.52 bits per heavy atom. The lowest BCUT2D eigenvalue weighted by Gasteiger charge is -2.32. The molecule has 122 valence electrons. The van der Waals surface area contributed by atoms with E-state index in [9.17, 15) is 13.2 Å². The summed E-state index contributed by atoms with van der Waals surface area (Å²) in [6, 6.07) is 0.472. The van der Waals surface area contributed by atoms with Gasteiger partial charge >= 0.3 is 0 Å². The highest BCUT2D eigenvalue weighted by Gasteiger charge is 2.28. The molecule has 2 aliphatic rings. The van der Waals surface area contributed by atoms with Crippen LogP contribution in [0.15, 0.2) is 0 Å². The summed E-state index contributed by atoms with van der Waals surface area (Å²) in [6.07, 6.45) is 5.59. The fraction of sp³-hybridized carbons (Fsp3) is 0.929. The van der Waals surface area contributed by atoms with Gasteiger partial charge in [0.05, 0.1) is 5.75 Å². The Morgan fingerprint density at radius 2 is 1.95 bits per heavy atom. The number of nitrogens with one attached hydrogen (secondary N) is 2. The molecule has 7 heteroatoms. The smallest absolute Gasteiger partial charge is 0.217 e. The molecule has 0 aromatic heterocycles. The fourth-order valence-electron chi connectivity index (χ4n) is 3.16. The van der Waals surface area contributed by atoms with Gasteiger partial charge in [0.15, 0.2) is 0 Å². The van der Waals surface area contributed by atoms with Gasteiger partial charge in [0.25, 0.3) is 0 Å². The lowest BCUT2D eigenvalue weighted by molar-refractivity contribution is -0.119. The molecule has 1 atom stereocenters. The predicted molar refractivity (Wildman–Crippen MR) is 82.5 cm³/mol. The van der Waals surface area contributed by atoms with Crippen molar-refractivity contribution in [2.45, 2.75) is 57.5 Å². The molecule has 1 unspecified atom stereocenters. The van der Waals surface area contributed by atoms with Crippen molar-refractivity contribution in [2.24, 2.45) is 0 Å². The SMILES string of the molecule is CC(=O)NC1CCN(S(=O)(=O)CCC2CCCCN2)CC1. The summed E-state index contributed by atoms with van der Waals surface area (Å²) in [4.78, 5) is 11.0. The minimum absolute atomic E-state index is 0.0420. The monoisotopic (exact) mass is 317 g/mol. The second kappa shape index (κ2) is 7.56. The third-order valence-electron chi connectivity index (χ3n) is 4.39. The zero-order chi connectivity index (χ0) is 15.3. The quantitative estimate of drug-likeness (QED) is 0.772. The van der Waals surface area contributed by atoms with E-state index in [4.69, 9.17) is 0 Å². The van der Waals surface area contributed by atoms with Crippen LogP contribution in [-0.2, 0) is 14.8 Å². The molecule has 0 saturated carbocycles. The maximum Gasteiger partial charge on any atom is 0.217 e. The number of piperidine rings is 2. The zero-order valence-corrected chi connectivity index (χ0v) is 13.6. The number of rotatable bonds is 5. The van der Waals surface area contributed by atoms with Gasteiger partial charge in [-0.3, -0.25) is 4.79 Å². The largest absolute Gasteiger partial charge is 0.354 e. The second-order valence-electron chi connectivity index (χ2n) is 6.13. The highest BCUT2D eigenvalue weighted by molar-refractivity contribution is 7.89. The Morgan fingerprint density at radius 1 is 1.24 bits per heavy atom. The Labute approximate surface area is 127 Å². The minimum Gasteiger partial charge on any atom is -0.354 e. The molecular weight excluding hydrogens is 290 g/mol. The average molecular weight is 317 g/mol. The van der Waals surface area contributed by atoms with Crippen LogP contribution >= 0.6 is 0 Å². The third-order valence-corrected chi connectivity index (χ3v) is 6.29. The highest BCUT2D eigenvalue weighted by atomic mass is 32.2. The van der Waals surface area contributed by atoms with Gasteiger partial charge in [-0.1, -0.05) is 6.42 Å². The van der Waals surface area contributed by atoms with Crippen LogP contribution in [-0.4, -0.2) is 56.1 Å². The minimum atomic E-state index is -3.15. The van der Waals surface area contributed by atoms with E-state index in [0.717, 1.165) is 13.0 Å². The van der Waals surface area contributed by atoms with Gasteiger partial charge in [-0.25, -0.2) is 12.7 Å². The summed E-state index contributed by atoms with van der Waals surface area (Å²) < 4.78 is 26.3. The number of amides is 1. The van der Waals surface area contributed by atoms with Gasteiger partial charge in [0.1, 0.15) is 0 Å². The molecule has 2 N–H and O–H groups in total. The fourth-order valence-corrected chi connectivity index (χ4v) is 4.76. The van der Waals surface area contributed by atoms with Crippen molar-refractivity contribution in [1.29, 1.82) is 0 Å². The van der Waals surface area contributed by atoms with E-state index >= 15 is 0 Å². The summed E-state index contributed by atoms with van der Waals surface area (Å²) in [6.45, 7) is 3.55. The van der Waals surface area contributed by atoms with E-state index < -0.39 is 10.0 Å². The Balaban J connectivity index is 1.76. The van der Waals surface area contributed by atoms with E-state index in [1.807, 2.05) is 0 Å². The van der Waals surface area contributed by atoms with Gasteiger partial charge in [0, 0.05) is 32.1 Å². The molecule has 2 saturated heterocycles. The lowest BCUT2D eigenvalue weighted by Crippen LogP contribution is -2.47. The van der Waals surface area contributed by atoms with Crippen molar-refractivity contribution in [2.75, 3.05) is 25.4 Å². The predicted octanol–water partition coefficient (Wildman–Crippen LogP) is 0.449. The van der Waals surface area contributed by atoms with E-state index in [1.54, 1.807) is 4.31 Å². The van der Waals surface area contributed by atoms with Crippen LogP contribution in [0, 0.1) is 0 Å².